The van der Waals surface area contributed by atoms with Crippen molar-refractivity contribution < 1.29 is 9.47 Å². The van der Waals surface area contributed by atoms with Crippen LogP contribution in [0.15, 0.2) is 46.9 Å². The molecule has 2 nitrogen and oxygen atoms in total. The third-order valence-corrected chi connectivity index (χ3v) is 4.34. The Morgan fingerprint density at radius 1 is 1.05 bits per heavy atom. The van der Waals surface area contributed by atoms with Crippen LogP contribution >= 0.6 is 27.5 Å². The van der Waals surface area contributed by atoms with Gasteiger partial charge in [-0.1, -0.05) is 34.1 Å². The minimum Gasteiger partial charge on any atom is -0.490 e. The molecule has 0 bridgehead atoms. The second kappa shape index (κ2) is 6.71. The molecule has 1 atom stereocenters. The van der Waals surface area contributed by atoms with Gasteiger partial charge in [0, 0.05) is 10.9 Å². The molecular formula is C17H16BrClO2. The molecule has 2 aromatic carbocycles. The summed E-state index contributed by atoms with van der Waals surface area (Å²) in [6.07, 6.45) is 1.69. The number of alkyl halides is 1. The summed E-state index contributed by atoms with van der Waals surface area (Å²) < 4.78 is 12.4. The van der Waals surface area contributed by atoms with Crippen LogP contribution in [0.5, 0.6) is 11.5 Å². The second-order valence-corrected chi connectivity index (χ2v) is 6.50. The first-order valence-electron chi connectivity index (χ1n) is 7.00. The minimum atomic E-state index is -0.0866. The Morgan fingerprint density at radius 3 is 2.67 bits per heavy atom. The van der Waals surface area contributed by atoms with Crippen LogP contribution in [0.2, 0.25) is 0 Å². The Balaban J connectivity index is 1.78. The van der Waals surface area contributed by atoms with E-state index >= 15 is 0 Å². The minimum absolute atomic E-state index is 0.0866. The molecule has 1 aliphatic heterocycles. The summed E-state index contributed by atoms with van der Waals surface area (Å²) >= 11 is 10.1. The normalized spacial score (nSPS) is 15.3. The number of halogens is 2. The molecule has 0 aromatic heterocycles. The van der Waals surface area contributed by atoms with Gasteiger partial charge in [-0.3, -0.25) is 0 Å². The lowest BCUT2D eigenvalue weighted by molar-refractivity contribution is 0.297. The Bertz CT molecular complexity index is 630. The number of hydrogen-bond donors (Lipinski definition) is 0. The third kappa shape index (κ3) is 3.72. The highest BCUT2D eigenvalue weighted by Crippen LogP contribution is 2.35. The van der Waals surface area contributed by atoms with Crippen LogP contribution in [0.4, 0.5) is 0 Å². The van der Waals surface area contributed by atoms with E-state index in [0.717, 1.165) is 34.4 Å². The summed E-state index contributed by atoms with van der Waals surface area (Å²) in [7, 11) is 0. The van der Waals surface area contributed by atoms with E-state index in [1.807, 2.05) is 30.3 Å². The number of hydrogen-bond acceptors (Lipinski definition) is 2. The molecule has 0 radical (unpaired) electrons. The molecule has 110 valence electrons. The molecule has 1 heterocycles. The summed E-state index contributed by atoms with van der Waals surface area (Å²) in [6.45, 7) is 1.39. The molecular weight excluding hydrogens is 352 g/mol. The van der Waals surface area contributed by atoms with Crippen LogP contribution < -0.4 is 9.47 Å². The van der Waals surface area contributed by atoms with Crippen molar-refractivity contribution >= 4 is 27.5 Å². The fourth-order valence-corrected chi connectivity index (χ4v) is 3.12. The van der Waals surface area contributed by atoms with E-state index in [0.29, 0.717) is 13.2 Å². The lowest BCUT2D eigenvalue weighted by Gasteiger charge is -2.13. The zero-order valence-electron chi connectivity index (χ0n) is 11.5. The largest absolute Gasteiger partial charge is 0.490 e. The van der Waals surface area contributed by atoms with Crippen molar-refractivity contribution in [3.63, 3.8) is 0 Å². The third-order valence-electron chi connectivity index (χ3n) is 3.44. The maximum absolute atomic E-state index is 6.56. The molecule has 0 N–H and O–H groups in total. The molecule has 1 aliphatic rings. The van der Waals surface area contributed by atoms with Crippen molar-refractivity contribution in [1.29, 1.82) is 0 Å². The molecule has 0 saturated heterocycles. The Labute approximate surface area is 138 Å². The average molecular weight is 368 g/mol. The van der Waals surface area contributed by atoms with Crippen LogP contribution in [-0.4, -0.2) is 13.2 Å². The van der Waals surface area contributed by atoms with E-state index in [2.05, 4.69) is 28.1 Å². The topological polar surface area (TPSA) is 18.5 Å². The van der Waals surface area contributed by atoms with Gasteiger partial charge in [0.15, 0.2) is 11.5 Å². The predicted octanol–water partition coefficient (Wildman–Crippen LogP) is 5.13. The predicted molar refractivity (Wildman–Crippen MR) is 88.5 cm³/mol. The molecule has 0 fully saturated rings. The van der Waals surface area contributed by atoms with Gasteiger partial charge in [-0.2, -0.15) is 0 Å². The maximum atomic E-state index is 6.56. The fraction of sp³-hybridized carbons (Fsp3) is 0.294. The van der Waals surface area contributed by atoms with Gasteiger partial charge in [0.25, 0.3) is 0 Å². The highest BCUT2D eigenvalue weighted by molar-refractivity contribution is 9.10. The van der Waals surface area contributed by atoms with Crippen LogP contribution in [0.3, 0.4) is 0 Å². The van der Waals surface area contributed by atoms with Gasteiger partial charge in [-0.15, -0.1) is 11.6 Å². The zero-order valence-corrected chi connectivity index (χ0v) is 13.9. The summed E-state index contributed by atoms with van der Waals surface area (Å²) in [6, 6.07) is 14.2. The smallest absolute Gasteiger partial charge is 0.161 e. The van der Waals surface area contributed by atoms with Crippen molar-refractivity contribution in [2.75, 3.05) is 13.2 Å². The number of fused-ring (bicyclic) bond motifs is 1. The van der Waals surface area contributed by atoms with Crippen molar-refractivity contribution in [1.82, 2.24) is 0 Å². The standard InChI is InChI=1S/C17H16BrClO2/c18-14-4-1-3-12(9-14)10-15(19)13-5-6-16-17(11-13)21-8-2-7-20-16/h1,3-6,9,11,15H,2,7-8,10H2. The SMILES string of the molecule is ClC(Cc1cccc(Br)c1)c1ccc2c(c1)OCCCO2. The van der Waals surface area contributed by atoms with Gasteiger partial charge < -0.3 is 9.47 Å². The first-order valence-corrected chi connectivity index (χ1v) is 8.23. The van der Waals surface area contributed by atoms with Crippen LogP contribution in [0.1, 0.15) is 22.9 Å². The van der Waals surface area contributed by atoms with Crippen LogP contribution in [0, 0.1) is 0 Å². The highest BCUT2D eigenvalue weighted by atomic mass is 79.9. The second-order valence-electron chi connectivity index (χ2n) is 5.06. The van der Waals surface area contributed by atoms with E-state index in [-0.39, 0.29) is 5.38 Å². The zero-order chi connectivity index (χ0) is 14.7. The molecule has 0 aliphatic carbocycles. The van der Waals surface area contributed by atoms with Gasteiger partial charge in [-0.25, -0.2) is 0 Å². The molecule has 21 heavy (non-hydrogen) atoms. The first kappa shape index (κ1) is 14.7. The highest BCUT2D eigenvalue weighted by Gasteiger charge is 2.15. The number of ether oxygens (including phenoxy) is 2. The average Bonchev–Trinajstić information content (AvgIpc) is 2.71. The van der Waals surface area contributed by atoms with Crippen molar-refractivity contribution in [2.45, 2.75) is 18.2 Å². The van der Waals surface area contributed by atoms with E-state index < -0.39 is 0 Å². The van der Waals surface area contributed by atoms with Gasteiger partial charge >= 0.3 is 0 Å². The molecule has 0 amide bonds. The maximum Gasteiger partial charge on any atom is 0.161 e. The number of rotatable bonds is 3. The first-order chi connectivity index (χ1) is 10.2. The van der Waals surface area contributed by atoms with E-state index in [1.165, 1.54) is 5.56 Å². The summed E-state index contributed by atoms with van der Waals surface area (Å²) in [5.41, 5.74) is 2.26. The van der Waals surface area contributed by atoms with Gasteiger partial charge in [0.05, 0.1) is 18.6 Å². The van der Waals surface area contributed by atoms with E-state index in [1.54, 1.807) is 0 Å². The van der Waals surface area contributed by atoms with Crippen molar-refractivity contribution in [3.8, 4) is 11.5 Å². The molecule has 0 spiro atoms. The van der Waals surface area contributed by atoms with Crippen LogP contribution in [0.25, 0.3) is 0 Å². The Hall–Kier alpha value is -1.19. The van der Waals surface area contributed by atoms with E-state index in [4.69, 9.17) is 21.1 Å². The number of benzene rings is 2. The Kier molecular flexibility index (Phi) is 4.71. The lowest BCUT2D eigenvalue weighted by atomic mass is 10.0. The fourth-order valence-electron chi connectivity index (χ4n) is 2.36. The lowest BCUT2D eigenvalue weighted by Crippen LogP contribution is -1.98. The van der Waals surface area contributed by atoms with E-state index in [9.17, 15) is 0 Å². The van der Waals surface area contributed by atoms with Gasteiger partial charge in [-0.05, 0) is 41.8 Å². The van der Waals surface area contributed by atoms with Crippen molar-refractivity contribution in [3.05, 3.63) is 58.1 Å². The quantitative estimate of drug-likeness (QED) is 0.700. The van der Waals surface area contributed by atoms with Crippen LogP contribution in [-0.2, 0) is 6.42 Å². The monoisotopic (exact) mass is 366 g/mol. The summed E-state index contributed by atoms with van der Waals surface area (Å²) in [5, 5.41) is -0.0866. The van der Waals surface area contributed by atoms with Gasteiger partial charge in [0.2, 0.25) is 0 Å². The molecule has 0 saturated carbocycles. The van der Waals surface area contributed by atoms with Gasteiger partial charge in [0.1, 0.15) is 0 Å². The summed E-state index contributed by atoms with van der Waals surface area (Å²) in [4.78, 5) is 0. The Morgan fingerprint density at radius 2 is 1.86 bits per heavy atom. The molecule has 3 rings (SSSR count). The molecule has 2 aromatic rings. The molecule has 1 unspecified atom stereocenters. The van der Waals surface area contributed by atoms with Crippen molar-refractivity contribution in [2.24, 2.45) is 0 Å². The molecule has 4 heteroatoms. The summed E-state index contributed by atoms with van der Waals surface area (Å²) in [5.74, 6) is 1.60.